The molecule has 17 heavy (non-hydrogen) atoms. The Morgan fingerprint density at radius 3 is 2.94 bits per heavy atom. The molecule has 0 amide bonds. The third-order valence-electron chi connectivity index (χ3n) is 2.49. The van der Waals surface area contributed by atoms with E-state index in [1.54, 1.807) is 0 Å². The van der Waals surface area contributed by atoms with Gasteiger partial charge in [0.15, 0.2) is 0 Å². The Morgan fingerprint density at radius 1 is 1.35 bits per heavy atom. The second-order valence-corrected chi connectivity index (χ2v) is 4.73. The van der Waals surface area contributed by atoms with E-state index in [1.807, 2.05) is 32.2 Å². The molecule has 0 radical (unpaired) electrons. The van der Waals surface area contributed by atoms with Gasteiger partial charge in [-0.1, -0.05) is 22.0 Å². The van der Waals surface area contributed by atoms with Crippen molar-refractivity contribution in [2.24, 2.45) is 0 Å². The minimum atomic E-state index is 0.579. The van der Waals surface area contributed by atoms with Gasteiger partial charge in [0.1, 0.15) is 0 Å². The fourth-order valence-electron chi connectivity index (χ4n) is 1.52. The summed E-state index contributed by atoms with van der Waals surface area (Å²) in [6.45, 7) is 2.86. The Bertz CT molecular complexity index is 510. The highest BCUT2D eigenvalue weighted by atomic mass is 79.9. The lowest BCUT2D eigenvalue weighted by molar-refractivity contribution is 0.500. The largest absolute Gasteiger partial charge is 0.421 e. The number of halogens is 1. The van der Waals surface area contributed by atoms with Gasteiger partial charge in [-0.2, -0.15) is 0 Å². The lowest BCUT2D eigenvalue weighted by atomic mass is 10.1. The molecule has 90 valence electrons. The van der Waals surface area contributed by atoms with Crippen molar-refractivity contribution in [1.29, 1.82) is 0 Å². The number of rotatable bonds is 4. The first-order valence-electron chi connectivity index (χ1n) is 5.44. The van der Waals surface area contributed by atoms with Crippen LogP contribution < -0.4 is 5.32 Å². The molecule has 0 saturated carbocycles. The van der Waals surface area contributed by atoms with Gasteiger partial charge in [0.05, 0.1) is 0 Å². The maximum absolute atomic E-state index is 5.62. The van der Waals surface area contributed by atoms with Crippen LogP contribution in [0.25, 0.3) is 11.5 Å². The van der Waals surface area contributed by atoms with Crippen LogP contribution in [-0.2, 0) is 6.42 Å². The van der Waals surface area contributed by atoms with Crippen LogP contribution >= 0.6 is 15.9 Å². The highest BCUT2D eigenvalue weighted by molar-refractivity contribution is 9.10. The topological polar surface area (TPSA) is 51.0 Å². The summed E-state index contributed by atoms with van der Waals surface area (Å²) in [5.41, 5.74) is 2.10. The molecule has 1 aromatic carbocycles. The first-order chi connectivity index (χ1) is 8.20. The number of nitrogens with one attached hydrogen (secondary N) is 1. The van der Waals surface area contributed by atoms with Crippen molar-refractivity contribution in [2.75, 3.05) is 13.6 Å². The molecule has 1 N–H and O–H groups in total. The zero-order chi connectivity index (χ0) is 12.3. The summed E-state index contributed by atoms with van der Waals surface area (Å²) in [4.78, 5) is 0. The molecule has 0 aliphatic carbocycles. The van der Waals surface area contributed by atoms with Gasteiger partial charge in [0.2, 0.25) is 11.8 Å². The molecule has 0 aliphatic heterocycles. The Labute approximate surface area is 109 Å². The fraction of sp³-hybridized carbons (Fsp3) is 0.333. The maximum Gasteiger partial charge on any atom is 0.248 e. The van der Waals surface area contributed by atoms with Crippen LogP contribution in [0.3, 0.4) is 0 Å². The molecule has 0 saturated heterocycles. The number of likely N-dealkylation sites (N-methyl/N-ethyl adjacent to an activating group) is 1. The van der Waals surface area contributed by atoms with Gasteiger partial charge < -0.3 is 9.73 Å². The summed E-state index contributed by atoms with van der Waals surface area (Å²) in [6, 6.07) is 6.01. The van der Waals surface area contributed by atoms with Crippen molar-refractivity contribution < 1.29 is 4.42 Å². The predicted molar refractivity (Wildman–Crippen MR) is 69.8 cm³/mol. The quantitative estimate of drug-likeness (QED) is 0.942. The Kier molecular flexibility index (Phi) is 3.91. The second kappa shape index (κ2) is 5.42. The van der Waals surface area contributed by atoms with Gasteiger partial charge in [-0.05, 0) is 31.7 Å². The zero-order valence-electron chi connectivity index (χ0n) is 9.83. The van der Waals surface area contributed by atoms with Crippen molar-refractivity contribution in [3.8, 4) is 11.5 Å². The molecule has 4 nitrogen and oxygen atoms in total. The van der Waals surface area contributed by atoms with E-state index in [1.165, 1.54) is 0 Å². The van der Waals surface area contributed by atoms with Crippen LogP contribution in [0.2, 0.25) is 0 Å². The van der Waals surface area contributed by atoms with Crippen LogP contribution in [0.4, 0.5) is 0 Å². The number of aromatic nitrogens is 2. The summed E-state index contributed by atoms with van der Waals surface area (Å²) < 4.78 is 6.63. The molecular formula is C12H14BrN3O. The third kappa shape index (κ3) is 2.92. The van der Waals surface area contributed by atoms with E-state index in [-0.39, 0.29) is 0 Å². The number of benzene rings is 1. The highest BCUT2D eigenvalue weighted by Crippen LogP contribution is 2.25. The van der Waals surface area contributed by atoms with E-state index in [4.69, 9.17) is 4.42 Å². The molecule has 0 atom stereocenters. The van der Waals surface area contributed by atoms with Crippen LogP contribution in [0, 0.1) is 6.92 Å². The summed E-state index contributed by atoms with van der Waals surface area (Å²) >= 11 is 3.44. The Hall–Kier alpha value is -1.20. The Balaban J connectivity index is 2.27. The summed E-state index contributed by atoms with van der Waals surface area (Å²) in [5, 5.41) is 11.2. The Morgan fingerprint density at radius 2 is 2.18 bits per heavy atom. The molecule has 0 bridgehead atoms. The first-order valence-corrected chi connectivity index (χ1v) is 6.23. The van der Waals surface area contributed by atoms with Crippen molar-refractivity contribution in [3.05, 3.63) is 34.1 Å². The minimum Gasteiger partial charge on any atom is -0.421 e. The third-order valence-corrected chi connectivity index (χ3v) is 2.98. The fourth-order valence-corrected chi connectivity index (χ4v) is 1.88. The molecule has 2 aromatic rings. The highest BCUT2D eigenvalue weighted by Gasteiger charge is 2.10. The van der Waals surface area contributed by atoms with E-state index < -0.39 is 0 Å². The van der Waals surface area contributed by atoms with E-state index >= 15 is 0 Å². The average Bonchev–Trinajstić information content (AvgIpc) is 2.78. The van der Waals surface area contributed by atoms with Gasteiger partial charge in [0, 0.05) is 23.0 Å². The average molecular weight is 296 g/mol. The van der Waals surface area contributed by atoms with Crippen LogP contribution in [0.1, 0.15) is 11.5 Å². The molecule has 0 unspecified atom stereocenters. The van der Waals surface area contributed by atoms with Crippen LogP contribution in [0.5, 0.6) is 0 Å². The number of hydrogen-bond acceptors (Lipinski definition) is 4. The molecule has 2 rings (SSSR count). The molecule has 1 aromatic heterocycles. The van der Waals surface area contributed by atoms with E-state index in [2.05, 4.69) is 31.4 Å². The zero-order valence-corrected chi connectivity index (χ0v) is 11.4. The van der Waals surface area contributed by atoms with E-state index in [0.717, 1.165) is 28.6 Å². The number of hydrogen-bond donors (Lipinski definition) is 1. The van der Waals surface area contributed by atoms with Gasteiger partial charge >= 0.3 is 0 Å². The number of nitrogens with zero attached hydrogens (tertiary/aromatic N) is 2. The smallest absolute Gasteiger partial charge is 0.248 e. The van der Waals surface area contributed by atoms with Crippen molar-refractivity contribution in [3.63, 3.8) is 0 Å². The van der Waals surface area contributed by atoms with Gasteiger partial charge in [-0.3, -0.25) is 0 Å². The normalized spacial score (nSPS) is 10.8. The summed E-state index contributed by atoms with van der Waals surface area (Å²) in [7, 11) is 1.90. The van der Waals surface area contributed by atoms with E-state index in [9.17, 15) is 0 Å². The predicted octanol–water partition coefficient (Wildman–Crippen LogP) is 2.57. The van der Waals surface area contributed by atoms with Crippen LogP contribution in [0.15, 0.2) is 27.1 Å². The van der Waals surface area contributed by atoms with Gasteiger partial charge in [-0.25, -0.2) is 0 Å². The summed E-state index contributed by atoms with van der Waals surface area (Å²) in [6.07, 6.45) is 0.747. The molecule has 0 aliphatic rings. The molecule has 1 heterocycles. The SMILES string of the molecule is CNCCc1nnc(-c2cc(Br)ccc2C)o1. The molecule has 0 fully saturated rings. The molecule has 0 spiro atoms. The minimum absolute atomic E-state index is 0.579. The van der Waals surface area contributed by atoms with Crippen molar-refractivity contribution in [1.82, 2.24) is 15.5 Å². The van der Waals surface area contributed by atoms with Crippen molar-refractivity contribution in [2.45, 2.75) is 13.3 Å². The monoisotopic (exact) mass is 295 g/mol. The van der Waals surface area contributed by atoms with Crippen molar-refractivity contribution >= 4 is 15.9 Å². The molecular weight excluding hydrogens is 282 g/mol. The number of aryl methyl sites for hydroxylation is 1. The second-order valence-electron chi connectivity index (χ2n) is 3.81. The summed E-state index contributed by atoms with van der Waals surface area (Å²) in [5.74, 6) is 1.24. The van der Waals surface area contributed by atoms with E-state index in [0.29, 0.717) is 11.8 Å². The standard InChI is InChI=1S/C12H14BrN3O/c1-8-3-4-9(13)7-10(8)12-16-15-11(17-12)5-6-14-2/h3-4,7,14H,5-6H2,1-2H3. The first kappa shape index (κ1) is 12.3. The maximum atomic E-state index is 5.62. The van der Waals surface area contributed by atoms with Crippen LogP contribution in [-0.4, -0.2) is 23.8 Å². The molecule has 5 heteroatoms. The van der Waals surface area contributed by atoms with Gasteiger partial charge in [0.25, 0.3) is 0 Å². The van der Waals surface area contributed by atoms with Gasteiger partial charge in [-0.15, -0.1) is 10.2 Å². The lowest BCUT2D eigenvalue weighted by Crippen LogP contribution is -2.10. The lowest BCUT2D eigenvalue weighted by Gasteiger charge is -2.01.